The Balaban J connectivity index is 1.86. The number of phenolic OH excluding ortho intramolecular Hbond substituents is 1. The topological polar surface area (TPSA) is 454 Å². The standard InChI is InChI=1S/C26H25N5O22S7/c27-23-22-14(11-20(57(40,41)42)24(23)30-28-15-1-3-16(4-2-15)54(33,34)9-7-52-59(46,47)48)12-21(58(43,44)45)25(26(22)32)31-29-18-6-5-17(13-19(18)56(37,38)39)55(35,36)10-8-53-60(49,50)51/h1-6,11-13,32H,7-10,27H2,(H,37,38,39)(H,40,41,42)(H,43,44,45)(H,46,47,48)(H,49,50,51). The van der Waals surface area contributed by atoms with Gasteiger partial charge < -0.3 is 10.8 Å². The van der Waals surface area contributed by atoms with Crippen molar-refractivity contribution < 1.29 is 95.2 Å². The number of nitrogens with zero attached hydrogens (tertiary/aromatic N) is 4. The molecule has 34 heteroatoms. The third-order valence-corrected chi connectivity index (χ3v) is 14.2. The van der Waals surface area contributed by atoms with Crippen LogP contribution in [0.15, 0.2) is 99.5 Å². The Bertz CT molecular complexity index is 3260. The second kappa shape index (κ2) is 17.0. The molecule has 60 heavy (non-hydrogen) atoms. The second-order valence-electron chi connectivity index (χ2n) is 11.4. The molecule has 0 heterocycles. The molecular weight excluding hydrogens is 959 g/mol. The summed E-state index contributed by atoms with van der Waals surface area (Å²) in [5, 5.41) is 24.2. The van der Waals surface area contributed by atoms with Gasteiger partial charge in [-0.3, -0.25) is 22.8 Å². The van der Waals surface area contributed by atoms with Crippen molar-refractivity contribution in [3.8, 4) is 5.75 Å². The molecule has 328 valence electrons. The zero-order valence-corrected chi connectivity index (χ0v) is 34.7. The third-order valence-electron chi connectivity index (χ3n) is 7.33. The minimum atomic E-state index is -5.49. The molecule has 0 aliphatic rings. The first-order valence-corrected chi connectivity index (χ1v) is 25.4. The fourth-order valence-corrected chi connectivity index (χ4v) is 9.80. The molecule has 0 fully saturated rings. The highest BCUT2D eigenvalue weighted by molar-refractivity contribution is 7.92. The molecule has 4 aromatic rings. The van der Waals surface area contributed by atoms with Crippen molar-refractivity contribution in [2.24, 2.45) is 20.5 Å². The molecule has 0 spiro atoms. The number of hydrogen-bond acceptors (Lipinski definition) is 22. The van der Waals surface area contributed by atoms with Gasteiger partial charge in [-0.25, -0.2) is 25.2 Å². The maximum absolute atomic E-state index is 12.6. The summed E-state index contributed by atoms with van der Waals surface area (Å²) in [7, 11) is -35.1. The van der Waals surface area contributed by atoms with Gasteiger partial charge >= 0.3 is 20.8 Å². The van der Waals surface area contributed by atoms with Gasteiger partial charge in [0.05, 0.1) is 51.3 Å². The fourth-order valence-electron chi connectivity index (χ4n) is 4.75. The number of phenols is 1. The number of azo groups is 2. The predicted octanol–water partition coefficient (Wildman–Crippen LogP) is 1.88. The number of anilines is 1. The van der Waals surface area contributed by atoms with Gasteiger partial charge in [-0.05, 0) is 60.0 Å². The van der Waals surface area contributed by atoms with Gasteiger partial charge in [-0.2, -0.15) is 47.2 Å². The Labute approximate surface area is 339 Å². The molecule has 0 atom stereocenters. The number of nitrogen functional groups attached to an aromatic ring is 1. The first-order chi connectivity index (χ1) is 27.2. The van der Waals surface area contributed by atoms with E-state index in [-0.39, 0.29) is 5.69 Å². The third kappa shape index (κ3) is 12.0. The van der Waals surface area contributed by atoms with E-state index in [1.807, 2.05) is 0 Å². The van der Waals surface area contributed by atoms with Gasteiger partial charge in [0.2, 0.25) is 0 Å². The zero-order valence-electron chi connectivity index (χ0n) is 29.0. The molecule has 0 radical (unpaired) electrons. The Morgan fingerprint density at radius 3 is 1.42 bits per heavy atom. The van der Waals surface area contributed by atoms with Crippen molar-refractivity contribution in [1.82, 2.24) is 0 Å². The van der Waals surface area contributed by atoms with Crippen LogP contribution in [0.25, 0.3) is 10.8 Å². The van der Waals surface area contributed by atoms with Gasteiger partial charge in [-0.1, -0.05) is 0 Å². The van der Waals surface area contributed by atoms with Gasteiger partial charge in [0, 0.05) is 0 Å². The minimum Gasteiger partial charge on any atom is -0.505 e. The second-order valence-corrected chi connectivity index (χ2v) is 22.0. The van der Waals surface area contributed by atoms with E-state index in [2.05, 4.69) is 28.8 Å². The zero-order chi connectivity index (χ0) is 45.4. The van der Waals surface area contributed by atoms with Crippen molar-refractivity contribution in [3.05, 3.63) is 54.6 Å². The van der Waals surface area contributed by atoms with Crippen LogP contribution in [0.3, 0.4) is 0 Å². The van der Waals surface area contributed by atoms with Crippen LogP contribution in [0.4, 0.5) is 28.4 Å². The summed E-state index contributed by atoms with van der Waals surface area (Å²) in [6, 6.07) is 6.50. The number of sulfone groups is 2. The van der Waals surface area contributed by atoms with Crippen molar-refractivity contribution in [2.75, 3.05) is 30.5 Å². The van der Waals surface area contributed by atoms with Crippen LogP contribution < -0.4 is 5.73 Å². The molecule has 0 aliphatic heterocycles. The quantitative estimate of drug-likeness (QED) is 0.0451. The summed E-state index contributed by atoms with van der Waals surface area (Å²) in [5.41, 5.74) is 1.90. The van der Waals surface area contributed by atoms with E-state index in [4.69, 9.17) is 14.8 Å². The first kappa shape index (κ1) is 48.0. The lowest BCUT2D eigenvalue weighted by Gasteiger charge is -2.14. The molecule has 0 aromatic heterocycles. The fraction of sp³-hybridized carbons (Fsp3) is 0.154. The Morgan fingerprint density at radius 2 is 0.950 bits per heavy atom. The summed E-state index contributed by atoms with van der Waals surface area (Å²) in [4.78, 5) is -5.11. The maximum Gasteiger partial charge on any atom is 0.397 e. The highest BCUT2D eigenvalue weighted by Gasteiger charge is 2.29. The smallest absolute Gasteiger partial charge is 0.397 e. The molecule has 27 nitrogen and oxygen atoms in total. The molecule has 0 saturated heterocycles. The molecule has 8 N–H and O–H groups in total. The van der Waals surface area contributed by atoms with E-state index in [0.29, 0.717) is 30.3 Å². The molecule has 0 saturated carbocycles. The van der Waals surface area contributed by atoms with Crippen molar-refractivity contribution >= 4 is 110 Å². The molecule has 4 aromatic carbocycles. The Kier molecular flexibility index (Phi) is 13.6. The lowest BCUT2D eigenvalue weighted by atomic mass is 10.1. The van der Waals surface area contributed by atoms with Gasteiger partial charge in [-0.15, -0.1) is 15.3 Å². The van der Waals surface area contributed by atoms with Crippen molar-refractivity contribution in [3.63, 3.8) is 0 Å². The minimum absolute atomic E-state index is 0.218. The summed E-state index contributed by atoms with van der Waals surface area (Å²) in [6.07, 6.45) is 0. The van der Waals surface area contributed by atoms with Crippen LogP contribution in [0, 0.1) is 0 Å². The van der Waals surface area contributed by atoms with Gasteiger partial charge in [0.15, 0.2) is 25.4 Å². The average Bonchev–Trinajstić information content (AvgIpc) is 3.08. The van der Waals surface area contributed by atoms with E-state index >= 15 is 0 Å². The number of nitrogens with two attached hydrogens (primary N) is 1. The molecule has 0 amide bonds. The van der Waals surface area contributed by atoms with Crippen molar-refractivity contribution in [1.29, 1.82) is 0 Å². The molecule has 0 unspecified atom stereocenters. The van der Waals surface area contributed by atoms with E-state index in [1.165, 1.54) is 0 Å². The molecular formula is C26H25N5O22S7. The molecule has 4 rings (SSSR count). The van der Waals surface area contributed by atoms with Crippen LogP contribution in [0.5, 0.6) is 5.75 Å². The average molecular weight is 984 g/mol. The number of rotatable bonds is 17. The van der Waals surface area contributed by atoms with Crippen LogP contribution in [0.2, 0.25) is 0 Å². The van der Waals surface area contributed by atoms with E-state index in [0.717, 1.165) is 24.3 Å². The van der Waals surface area contributed by atoms with E-state index < -0.39 is 159 Å². The summed E-state index contributed by atoms with van der Waals surface area (Å²) < 4.78 is 222. The highest BCUT2D eigenvalue weighted by atomic mass is 32.3. The number of aromatic hydroxyl groups is 1. The number of hydrogen-bond donors (Lipinski definition) is 7. The Morgan fingerprint density at radius 1 is 0.517 bits per heavy atom. The highest BCUT2D eigenvalue weighted by Crippen LogP contribution is 2.48. The monoisotopic (exact) mass is 983 g/mol. The lowest BCUT2D eigenvalue weighted by Crippen LogP contribution is -2.16. The van der Waals surface area contributed by atoms with Crippen molar-refractivity contribution in [2.45, 2.75) is 24.5 Å². The largest absolute Gasteiger partial charge is 0.505 e. The van der Waals surface area contributed by atoms with E-state index in [9.17, 15) is 77.7 Å². The Hall–Kier alpha value is -4.69. The van der Waals surface area contributed by atoms with E-state index in [1.54, 1.807) is 0 Å². The summed E-state index contributed by atoms with van der Waals surface area (Å²) >= 11 is 0. The number of benzene rings is 4. The first-order valence-electron chi connectivity index (χ1n) is 15.0. The van der Waals surface area contributed by atoms with Crippen LogP contribution >= 0.6 is 0 Å². The maximum atomic E-state index is 12.6. The van der Waals surface area contributed by atoms with Crippen LogP contribution in [-0.4, -0.2) is 112 Å². The normalized spacial score (nSPS) is 13.8. The summed E-state index contributed by atoms with van der Waals surface area (Å²) in [6.45, 7) is -2.08. The SMILES string of the molecule is Nc1c(N=Nc2ccc(S(=O)(=O)CCOS(=O)(=O)O)cc2)c(S(=O)(=O)O)cc2cc(S(=O)(=O)O)c(N=Nc3ccc(S(=O)(=O)CCOS(=O)(=O)O)cc3S(=O)(=O)O)c(O)c12. The van der Waals surface area contributed by atoms with Crippen LogP contribution in [0.1, 0.15) is 0 Å². The lowest BCUT2D eigenvalue weighted by molar-refractivity contribution is 0.282. The molecule has 0 aliphatic carbocycles. The van der Waals surface area contributed by atoms with Gasteiger partial charge in [0.1, 0.15) is 31.7 Å². The van der Waals surface area contributed by atoms with Crippen LogP contribution in [-0.2, 0) is 79.2 Å². The molecule has 0 bridgehead atoms. The van der Waals surface area contributed by atoms with Gasteiger partial charge in [0.25, 0.3) is 30.4 Å². The number of fused-ring (bicyclic) bond motifs is 1. The summed E-state index contributed by atoms with van der Waals surface area (Å²) in [5.74, 6) is -3.39. The predicted molar refractivity (Wildman–Crippen MR) is 200 cm³/mol.